The van der Waals surface area contributed by atoms with Crippen molar-refractivity contribution in [1.29, 1.82) is 0 Å². The number of halogens is 1. The van der Waals surface area contributed by atoms with E-state index in [9.17, 15) is 4.79 Å². The summed E-state index contributed by atoms with van der Waals surface area (Å²) in [7, 11) is 1.51. The number of carbonyl (C=O) groups is 1. The maximum absolute atomic E-state index is 12.6. The number of aryl methyl sites for hydroxylation is 1. The van der Waals surface area contributed by atoms with Crippen molar-refractivity contribution in [1.82, 2.24) is 19.9 Å². The second kappa shape index (κ2) is 7.81. The van der Waals surface area contributed by atoms with E-state index >= 15 is 0 Å². The molecular weight excluding hydrogens is 340 g/mol. The summed E-state index contributed by atoms with van der Waals surface area (Å²) < 4.78 is 6.70. The average molecular weight is 359 g/mol. The van der Waals surface area contributed by atoms with E-state index in [2.05, 4.69) is 28.6 Å². The number of rotatable bonds is 6. The molecule has 0 aliphatic carbocycles. The fourth-order valence-corrected chi connectivity index (χ4v) is 2.21. The lowest BCUT2D eigenvalue weighted by Gasteiger charge is -2.09. The lowest BCUT2D eigenvalue weighted by Crippen LogP contribution is -2.23. The van der Waals surface area contributed by atoms with Crippen LogP contribution in [0.2, 0.25) is 0 Å². The van der Waals surface area contributed by atoms with Gasteiger partial charge in [0, 0.05) is 5.69 Å². The van der Waals surface area contributed by atoms with Gasteiger partial charge >= 0.3 is 0 Å². The van der Waals surface area contributed by atoms with Crippen LogP contribution >= 0.6 is 11.6 Å². The Morgan fingerprint density at radius 1 is 1.44 bits per heavy atom. The number of methoxy groups -OCH3 is 1. The van der Waals surface area contributed by atoms with Gasteiger partial charge in [-0.25, -0.2) is 9.50 Å². The van der Waals surface area contributed by atoms with Gasteiger partial charge in [0.15, 0.2) is 5.65 Å². The van der Waals surface area contributed by atoms with E-state index in [1.165, 1.54) is 13.3 Å². The third-order valence-corrected chi connectivity index (χ3v) is 3.63. The molecule has 25 heavy (non-hydrogen) atoms. The van der Waals surface area contributed by atoms with E-state index in [1.807, 2.05) is 19.9 Å². The summed E-state index contributed by atoms with van der Waals surface area (Å²) in [5.41, 5.74) is 2.44. The number of allylic oxidation sites excluding steroid dienone is 4. The van der Waals surface area contributed by atoms with Gasteiger partial charge in [0.05, 0.1) is 24.0 Å². The van der Waals surface area contributed by atoms with Crippen LogP contribution in [0.5, 0.6) is 0 Å². The van der Waals surface area contributed by atoms with Crippen molar-refractivity contribution >= 4 is 28.9 Å². The summed E-state index contributed by atoms with van der Waals surface area (Å²) in [6, 6.07) is 1.78. The first-order chi connectivity index (χ1) is 11.9. The lowest BCUT2D eigenvalue weighted by atomic mass is 10.2. The van der Waals surface area contributed by atoms with E-state index in [0.29, 0.717) is 28.4 Å². The maximum Gasteiger partial charge on any atom is 0.261 e. The first-order valence-electron chi connectivity index (χ1n) is 7.46. The van der Waals surface area contributed by atoms with Gasteiger partial charge < -0.3 is 10.1 Å². The number of carbonyl (C=O) groups excluding carboxylic acids is 1. The highest BCUT2D eigenvalue weighted by atomic mass is 35.5. The molecule has 1 amide bonds. The molecular formula is C18H19ClN4O2. The van der Waals surface area contributed by atoms with Crippen molar-refractivity contribution in [2.45, 2.75) is 13.8 Å². The molecule has 2 aromatic rings. The van der Waals surface area contributed by atoms with Crippen molar-refractivity contribution in [2.24, 2.45) is 0 Å². The summed E-state index contributed by atoms with van der Waals surface area (Å²) in [6.45, 7) is 11.2. The molecule has 6 nitrogen and oxygen atoms in total. The van der Waals surface area contributed by atoms with Crippen molar-refractivity contribution in [2.75, 3.05) is 7.11 Å². The Kier molecular flexibility index (Phi) is 5.77. The van der Waals surface area contributed by atoms with Crippen LogP contribution in [0.3, 0.4) is 0 Å². The van der Waals surface area contributed by atoms with Crippen LogP contribution in [-0.2, 0) is 4.74 Å². The summed E-state index contributed by atoms with van der Waals surface area (Å²) in [4.78, 5) is 17.1. The summed E-state index contributed by atoms with van der Waals surface area (Å²) >= 11 is 5.94. The monoisotopic (exact) mass is 358 g/mol. The van der Waals surface area contributed by atoms with Gasteiger partial charge in [-0.2, -0.15) is 5.10 Å². The Hall–Kier alpha value is -2.86. The molecule has 0 bridgehead atoms. The Labute approximate surface area is 151 Å². The first kappa shape index (κ1) is 18.5. The molecule has 0 aliphatic heterocycles. The van der Waals surface area contributed by atoms with E-state index in [4.69, 9.17) is 16.3 Å². The van der Waals surface area contributed by atoms with Gasteiger partial charge in [0.25, 0.3) is 5.91 Å². The normalized spacial score (nSPS) is 11.8. The zero-order chi connectivity index (χ0) is 18.6. The smallest absolute Gasteiger partial charge is 0.261 e. The van der Waals surface area contributed by atoms with Crippen LogP contribution < -0.4 is 5.32 Å². The molecule has 1 N–H and O–H groups in total. The lowest BCUT2D eigenvalue weighted by molar-refractivity contribution is 0.0968. The summed E-state index contributed by atoms with van der Waals surface area (Å²) in [5.74, 6) is 0.0144. The molecule has 0 aromatic carbocycles. The second-order valence-electron chi connectivity index (χ2n) is 5.17. The molecule has 0 saturated carbocycles. The van der Waals surface area contributed by atoms with Crippen LogP contribution in [0, 0.1) is 6.92 Å². The molecule has 0 spiro atoms. The molecule has 130 valence electrons. The molecule has 2 rings (SSSR count). The fourth-order valence-electron chi connectivity index (χ4n) is 2.10. The first-order valence-corrected chi connectivity index (χ1v) is 7.84. The second-order valence-corrected chi connectivity index (χ2v) is 5.63. The number of aromatic nitrogens is 3. The van der Waals surface area contributed by atoms with Gasteiger partial charge in [0.2, 0.25) is 0 Å². The number of ether oxygens (including phenoxy) is 1. The average Bonchev–Trinajstić information content (AvgIpc) is 3.02. The maximum atomic E-state index is 12.6. The predicted molar refractivity (Wildman–Crippen MR) is 99.1 cm³/mol. The number of hydrogen-bond donors (Lipinski definition) is 1. The molecule has 7 heteroatoms. The predicted octanol–water partition coefficient (Wildman–Crippen LogP) is 3.60. The van der Waals surface area contributed by atoms with Crippen molar-refractivity contribution < 1.29 is 9.53 Å². The minimum atomic E-state index is -0.389. The standard InChI is InChI=1S/C18H19ClN4O2/c1-6-7-8-15(12(3)19)22-18(24)14-10-20-23-11(2)9-16(13(4)25-5)21-17(14)23/h6-10H,3-4H2,1-2,5H3,(H,22,24)/b7-6-,15-8+. The van der Waals surface area contributed by atoms with E-state index in [0.717, 1.165) is 5.69 Å². The number of nitrogens with zero attached hydrogens (tertiary/aromatic N) is 3. The molecule has 0 fully saturated rings. The molecule has 0 unspecified atom stereocenters. The van der Waals surface area contributed by atoms with E-state index in [1.54, 1.807) is 22.7 Å². The topological polar surface area (TPSA) is 68.5 Å². The van der Waals surface area contributed by atoms with Gasteiger partial charge in [-0.15, -0.1) is 0 Å². The third-order valence-electron chi connectivity index (χ3n) is 3.42. The highest BCUT2D eigenvalue weighted by Gasteiger charge is 2.18. The van der Waals surface area contributed by atoms with E-state index in [-0.39, 0.29) is 10.9 Å². The van der Waals surface area contributed by atoms with Crippen LogP contribution in [0.4, 0.5) is 0 Å². The van der Waals surface area contributed by atoms with Gasteiger partial charge in [0.1, 0.15) is 17.0 Å². The summed E-state index contributed by atoms with van der Waals surface area (Å²) in [6.07, 6.45) is 6.68. The number of amides is 1. The SMILES string of the molecule is C=C(Cl)/C(=C\C=C/C)NC(=O)c1cnn2c(C)cc(C(=C)OC)nc12. The highest BCUT2D eigenvalue weighted by molar-refractivity contribution is 6.31. The van der Waals surface area contributed by atoms with Crippen LogP contribution in [-0.4, -0.2) is 27.6 Å². The quantitative estimate of drug-likeness (QED) is 0.632. The Bertz CT molecular complexity index is 909. The van der Waals surface area contributed by atoms with Crippen LogP contribution in [0.1, 0.15) is 28.7 Å². The largest absolute Gasteiger partial charge is 0.495 e. The third kappa shape index (κ3) is 3.97. The molecule has 0 atom stereocenters. The highest BCUT2D eigenvalue weighted by Crippen LogP contribution is 2.18. The molecule has 0 radical (unpaired) electrons. The minimum absolute atomic E-state index is 0.223. The van der Waals surface area contributed by atoms with Gasteiger partial charge in [-0.05, 0) is 26.0 Å². The number of fused-ring (bicyclic) bond motifs is 1. The molecule has 2 heterocycles. The summed E-state index contributed by atoms with van der Waals surface area (Å²) in [5, 5.41) is 7.16. The zero-order valence-electron chi connectivity index (χ0n) is 14.3. The van der Waals surface area contributed by atoms with Crippen molar-refractivity contribution in [3.05, 3.63) is 71.3 Å². The van der Waals surface area contributed by atoms with Crippen molar-refractivity contribution in [3.63, 3.8) is 0 Å². The Morgan fingerprint density at radius 3 is 2.76 bits per heavy atom. The number of hydrogen-bond acceptors (Lipinski definition) is 4. The fraction of sp³-hybridized carbons (Fsp3) is 0.167. The zero-order valence-corrected chi connectivity index (χ0v) is 15.1. The molecule has 0 aliphatic rings. The van der Waals surface area contributed by atoms with Gasteiger partial charge in [-0.3, -0.25) is 4.79 Å². The molecule has 2 aromatic heterocycles. The Morgan fingerprint density at radius 2 is 2.16 bits per heavy atom. The number of nitrogens with one attached hydrogen (secondary N) is 1. The van der Waals surface area contributed by atoms with Crippen LogP contribution in [0.15, 0.2) is 54.4 Å². The van der Waals surface area contributed by atoms with E-state index < -0.39 is 0 Å². The molecule has 0 saturated heterocycles. The Balaban J connectivity index is 2.46. The van der Waals surface area contributed by atoms with Crippen molar-refractivity contribution in [3.8, 4) is 0 Å². The minimum Gasteiger partial charge on any atom is -0.495 e. The van der Waals surface area contributed by atoms with Crippen LogP contribution in [0.25, 0.3) is 11.4 Å². The van der Waals surface area contributed by atoms with Gasteiger partial charge in [-0.1, -0.05) is 36.9 Å².